The molecule has 1 amide bonds. The lowest BCUT2D eigenvalue weighted by atomic mass is 10.0. The molecule has 2 aromatic carbocycles. The number of nitro groups is 1. The molecule has 128 valence electrons. The number of non-ortho nitro benzene ring substituents is 1. The van der Waals surface area contributed by atoms with Gasteiger partial charge in [0, 0.05) is 19.2 Å². The number of hydrogen-bond acceptors (Lipinski definition) is 4. The molecule has 3 rings (SSSR count). The third-order valence-electron chi connectivity index (χ3n) is 4.15. The van der Waals surface area contributed by atoms with Crippen LogP contribution in [0.2, 0.25) is 0 Å². The predicted molar refractivity (Wildman–Crippen MR) is 97.6 cm³/mol. The van der Waals surface area contributed by atoms with Gasteiger partial charge in [0.05, 0.1) is 21.6 Å². The number of aromatic nitrogens is 1. The number of carbonyl (C=O) groups excluding carboxylic acids is 1. The van der Waals surface area contributed by atoms with Crippen LogP contribution in [0.4, 0.5) is 5.69 Å². The summed E-state index contributed by atoms with van der Waals surface area (Å²) in [5, 5.41) is 10.9. The highest BCUT2D eigenvalue weighted by atomic mass is 32.1. The van der Waals surface area contributed by atoms with E-state index in [2.05, 4.69) is 4.99 Å². The monoisotopic (exact) mass is 355 g/mol. The van der Waals surface area contributed by atoms with Crippen LogP contribution >= 0.6 is 11.3 Å². The summed E-state index contributed by atoms with van der Waals surface area (Å²) in [7, 11) is 1.80. The third-order valence-corrected chi connectivity index (χ3v) is 5.25. The molecular formula is C18H17N3O3S. The molecule has 25 heavy (non-hydrogen) atoms. The van der Waals surface area contributed by atoms with Gasteiger partial charge in [-0.2, -0.15) is 4.99 Å². The number of thiazole rings is 1. The van der Waals surface area contributed by atoms with Crippen LogP contribution in [-0.4, -0.2) is 15.4 Å². The topological polar surface area (TPSA) is 77.5 Å². The van der Waals surface area contributed by atoms with Gasteiger partial charge < -0.3 is 4.57 Å². The molecule has 0 bridgehead atoms. The first-order valence-corrected chi connectivity index (χ1v) is 8.54. The molecule has 0 aliphatic heterocycles. The summed E-state index contributed by atoms with van der Waals surface area (Å²) in [4.78, 5) is 27.5. The van der Waals surface area contributed by atoms with Gasteiger partial charge in [-0.1, -0.05) is 29.5 Å². The van der Waals surface area contributed by atoms with Gasteiger partial charge in [-0.25, -0.2) is 0 Å². The number of rotatable bonds is 3. The van der Waals surface area contributed by atoms with Gasteiger partial charge in [0.15, 0.2) is 4.80 Å². The molecule has 0 atom stereocenters. The number of amides is 1. The first-order chi connectivity index (χ1) is 11.8. The highest BCUT2D eigenvalue weighted by molar-refractivity contribution is 7.16. The van der Waals surface area contributed by atoms with Crippen molar-refractivity contribution in [1.82, 2.24) is 4.57 Å². The molecule has 0 unspecified atom stereocenters. The maximum Gasteiger partial charge on any atom is 0.270 e. The Morgan fingerprint density at radius 1 is 1.20 bits per heavy atom. The van der Waals surface area contributed by atoms with Crippen molar-refractivity contribution in [1.29, 1.82) is 0 Å². The van der Waals surface area contributed by atoms with E-state index < -0.39 is 4.92 Å². The molecule has 1 heterocycles. The van der Waals surface area contributed by atoms with Crippen molar-refractivity contribution in [2.45, 2.75) is 20.3 Å². The summed E-state index contributed by atoms with van der Waals surface area (Å²) < 4.78 is 2.51. The van der Waals surface area contributed by atoms with Gasteiger partial charge in [0.1, 0.15) is 0 Å². The van der Waals surface area contributed by atoms with Crippen molar-refractivity contribution in [3.63, 3.8) is 0 Å². The normalized spacial score (nSPS) is 11.9. The quantitative estimate of drug-likeness (QED) is 0.533. The molecule has 7 heteroatoms. The van der Waals surface area contributed by atoms with E-state index in [4.69, 9.17) is 0 Å². The molecule has 0 radical (unpaired) electrons. The summed E-state index contributed by atoms with van der Waals surface area (Å²) >= 11 is 1.27. The van der Waals surface area contributed by atoms with E-state index in [1.165, 1.54) is 29.0 Å². The Morgan fingerprint density at radius 2 is 1.96 bits per heavy atom. The number of hydrogen-bond donors (Lipinski definition) is 0. The van der Waals surface area contributed by atoms with Gasteiger partial charge in [-0.3, -0.25) is 14.9 Å². The molecule has 0 N–H and O–H groups in total. The van der Waals surface area contributed by atoms with Crippen LogP contribution < -0.4 is 4.80 Å². The number of aryl methyl sites for hydroxylation is 3. The van der Waals surface area contributed by atoms with Gasteiger partial charge in [0.25, 0.3) is 11.6 Å². The Kier molecular flexibility index (Phi) is 4.50. The van der Waals surface area contributed by atoms with Crippen LogP contribution in [-0.2, 0) is 18.3 Å². The van der Waals surface area contributed by atoms with E-state index in [1.807, 2.05) is 32.0 Å². The van der Waals surface area contributed by atoms with Gasteiger partial charge in [-0.15, -0.1) is 0 Å². The lowest BCUT2D eigenvalue weighted by molar-refractivity contribution is -0.384. The van der Waals surface area contributed by atoms with E-state index in [-0.39, 0.29) is 18.0 Å². The first-order valence-electron chi connectivity index (χ1n) is 7.73. The van der Waals surface area contributed by atoms with Crippen molar-refractivity contribution < 1.29 is 9.72 Å². The Bertz CT molecular complexity index is 1060. The van der Waals surface area contributed by atoms with Crippen molar-refractivity contribution in [3.05, 3.63) is 68.0 Å². The third kappa shape index (κ3) is 3.51. The molecule has 0 saturated carbocycles. The van der Waals surface area contributed by atoms with Gasteiger partial charge in [-0.05, 0) is 36.6 Å². The molecule has 0 saturated heterocycles. The van der Waals surface area contributed by atoms with E-state index >= 15 is 0 Å². The van der Waals surface area contributed by atoms with E-state index in [9.17, 15) is 14.9 Å². The smallest absolute Gasteiger partial charge is 0.270 e. The molecule has 0 aliphatic carbocycles. The van der Waals surface area contributed by atoms with Crippen LogP contribution in [0.15, 0.2) is 41.4 Å². The van der Waals surface area contributed by atoms with Crippen molar-refractivity contribution in [2.24, 2.45) is 12.0 Å². The fraction of sp³-hybridized carbons (Fsp3) is 0.222. The van der Waals surface area contributed by atoms with Crippen LogP contribution in [0.25, 0.3) is 10.2 Å². The minimum Gasteiger partial charge on any atom is -0.319 e. The maximum absolute atomic E-state index is 12.3. The fourth-order valence-corrected chi connectivity index (χ4v) is 3.65. The van der Waals surface area contributed by atoms with Crippen LogP contribution in [0.3, 0.4) is 0 Å². The standard InChI is InChI=1S/C18H17N3O3S/c1-11-4-5-13(8-12(11)2)9-17(22)19-18-20(3)15-7-6-14(21(23)24)10-16(15)25-18/h4-8,10H,9H2,1-3H3. The molecule has 0 spiro atoms. The molecule has 6 nitrogen and oxygen atoms in total. The highest BCUT2D eigenvalue weighted by Gasteiger charge is 2.11. The number of nitrogens with zero attached hydrogens (tertiary/aromatic N) is 3. The number of fused-ring (bicyclic) bond motifs is 1. The lowest BCUT2D eigenvalue weighted by Gasteiger charge is -2.02. The zero-order valence-electron chi connectivity index (χ0n) is 14.1. The lowest BCUT2D eigenvalue weighted by Crippen LogP contribution is -2.14. The largest absolute Gasteiger partial charge is 0.319 e. The zero-order chi connectivity index (χ0) is 18.1. The zero-order valence-corrected chi connectivity index (χ0v) is 15.0. The second kappa shape index (κ2) is 6.60. The van der Waals surface area contributed by atoms with Crippen LogP contribution in [0.5, 0.6) is 0 Å². The van der Waals surface area contributed by atoms with E-state index in [0.717, 1.165) is 21.3 Å². The minimum atomic E-state index is -0.430. The highest BCUT2D eigenvalue weighted by Crippen LogP contribution is 2.22. The number of carbonyl (C=O) groups is 1. The molecule has 0 fully saturated rings. The Hall–Kier alpha value is -2.80. The first kappa shape index (κ1) is 17.0. The molecule has 0 aliphatic rings. The Balaban J connectivity index is 1.94. The second-order valence-electron chi connectivity index (χ2n) is 5.95. The molecular weight excluding hydrogens is 338 g/mol. The van der Waals surface area contributed by atoms with Crippen molar-refractivity contribution in [2.75, 3.05) is 0 Å². The summed E-state index contributed by atoms with van der Waals surface area (Å²) in [6.45, 7) is 4.04. The van der Waals surface area contributed by atoms with Crippen LogP contribution in [0, 0.1) is 24.0 Å². The average molecular weight is 355 g/mol. The number of nitro benzene ring substituents is 1. The summed E-state index contributed by atoms with van der Waals surface area (Å²) in [5.74, 6) is -0.236. The minimum absolute atomic E-state index is 0.0300. The Morgan fingerprint density at radius 3 is 2.64 bits per heavy atom. The van der Waals surface area contributed by atoms with Crippen LogP contribution in [0.1, 0.15) is 16.7 Å². The predicted octanol–water partition coefficient (Wildman–Crippen LogP) is 3.43. The van der Waals surface area contributed by atoms with Crippen molar-refractivity contribution >= 4 is 33.1 Å². The molecule has 3 aromatic rings. The van der Waals surface area contributed by atoms with Gasteiger partial charge in [0.2, 0.25) is 0 Å². The maximum atomic E-state index is 12.3. The average Bonchev–Trinajstić information content (AvgIpc) is 2.86. The van der Waals surface area contributed by atoms with Gasteiger partial charge >= 0.3 is 0 Å². The second-order valence-corrected chi connectivity index (χ2v) is 6.96. The SMILES string of the molecule is Cc1ccc(CC(=O)N=c2sc3cc([N+](=O)[O-])ccc3n2C)cc1C. The van der Waals surface area contributed by atoms with Crippen molar-refractivity contribution in [3.8, 4) is 0 Å². The summed E-state index contributed by atoms with van der Waals surface area (Å²) in [6.07, 6.45) is 0.232. The summed E-state index contributed by atoms with van der Waals surface area (Å²) in [5.41, 5.74) is 4.10. The fourth-order valence-electron chi connectivity index (χ4n) is 2.58. The Labute approximate surface area is 148 Å². The van der Waals surface area contributed by atoms with E-state index in [0.29, 0.717) is 4.80 Å². The molecule has 1 aromatic heterocycles. The number of benzene rings is 2. The summed E-state index contributed by atoms with van der Waals surface area (Å²) in [6, 6.07) is 10.6. The van der Waals surface area contributed by atoms with E-state index in [1.54, 1.807) is 17.7 Å².